The van der Waals surface area contributed by atoms with Gasteiger partial charge in [0.25, 0.3) is 0 Å². The van der Waals surface area contributed by atoms with Crippen molar-refractivity contribution in [3.63, 3.8) is 0 Å². The number of halogens is 1. The standard InChI is InChI=1S/C15H16BrNO/c1-10-7-13(8-11(2)18)12(3)17(10)15-6-4-5-14(16)9-15/h4-7,9H,8H2,1-3H3. The summed E-state index contributed by atoms with van der Waals surface area (Å²) in [6.45, 7) is 5.76. The molecule has 1 aromatic heterocycles. The summed E-state index contributed by atoms with van der Waals surface area (Å²) in [4.78, 5) is 11.3. The zero-order valence-corrected chi connectivity index (χ0v) is 12.4. The third-order valence-corrected chi connectivity index (χ3v) is 3.54. The van der Waals surface area contributed by atoms with Crippen LogP contribution in [0.2, 0.25) is 0 Å². The van der Waals surface area contributed by atoms with Crippen molar-refractivity contribution in [2.45, 2.75) is 27.2 Å². The van der Waals surface area contributed by atoms with E-state index < -0.39 is 0 Å². The Morgan fingerprint density at radius 3 is 2.61 bits per heavy atom. The van der Waals surface area contributed by atoms with Crippen LogP contribution >= 0.6 is 15.9 Å². The predicted molar refractivity (Wildman–Crippen MR) is 77.3 cm³/mol. The smallest absolute Gasteiger partial charge is 0.134 e. The van der Waals surface area contributed by atoms with Crippen molar-refractivity contribution in [1.29, 1.82) is 0 Å². The number of aromatic nitrogens is 1. The van der Waals surface area contributed by atoms with Crippen LogP contribution in [0.25, 0.3) is 5.69 Å². The van der Waals surface area contributed by atoms with Gasteiger partial charge in [0.05, 0.1) is 0 Å². The number of ketones is 1. The fraction of sp³-hybridized carbons (Fsp3) is 0.267. The number of benzene rings is 1. The van der Waals surface area contributed by atoms with Gasteiger partial charge in [-0.3, -0.25) is 4.79 Å². The van der Waals surface area contributed by atoms with Gasteiger partial charge < -0.3 is 4.57 Å². The largest absolute Gasteiger partial charge is 0.318 e. The Kier molecular flexibility index (Phi) is 3.71. The van der Waals surface area contributed by atoms with E-state index in [1.54, 1.807) is 6.92 Å². The summed E-state index contributed by atoms with van der Waals surface area (Å²) in [6.07, 6.45) is 0.508. The summed E-state index contributed by atoms with van der Waals surface area (Å²) < 4.78 is 3.24. The molecule has 0 bridgehead atoms. The van der Waals surface area contributed by atoms with Gasteiger partial charge in [0.15, 0.2) is 0 Å². The molecule has 1 aromatic carbocycles. The van der Waals surface area contributed by atoms with Gasteiger partial charge in [-0.05, 0) is 50.6 Å². The van der Waals surface area contributed by atoms with Gasteiger partial charge in [-0.1, -0.05) is 22.0 Å². The molecule has 0 N–H and O–H groups in total. The molecule has 2 rings (SSSR count). The molecule has 0 unspecified atom stereocenters. The maximum atomic E-state index is 11.3. The van der Waals surface area contributed by atoms with Crippen LogP contribution in [0.15, 0.2) is 34.8 Å². The number of rotatable bonds is 3. The fourth-order valence-electron chi connectivity index (χ4n) is 2.29. The van der Waals surface area contributed by atoms with Crippen molar-refractivity contribution in [2.24, 2.45) is 0 Å². The molecular formula is C15H16BrNO. The lowest BCUT2D eigenvalue weighted by Crippen LogP contribution is -2.01. The minimum absolute atomic E-state index is 0.199. The van der Waals surface area contributed by atoms with E-state index in [4.69, 9.17) is 0 Å². The first-order valence-electron chi connectivity index (χ1n) is 5.92. The molecule has 0 saturated heterocycles. The SMILES string of the molecule is CC(=O)Cc1cc(C)n(-c2cccc(Br)c2)c1C. The van der Waals surface area contributed by atoms with E-state index in [0.29, 0.717) is 6.42 Å². The molecule has 0 spiro atoms. The molecule has 0 saturated carbocycles. The van der Waals surface area contributed by atoms with E-state index in [2.05, 4.69) is 52.5 Å². The summed E-state index contributed by atoms with van der Waals surface area (Å²) in [5.74, 6) is 0.199. The normalized spacial score (nSPS) is 10.7. The molecule has 0 atom stereocenters. The van der Waals surface area contributed by atoms with Crippen molar-refractivity contribution in [3.05, 3.63) is 51.8 Å². The Morgan fingerprint density at radius 2 is 2.00 bits per heavy atom. The van der Waals surface area contributed by atoms with Crippen LogP contribution in [-0.2, 0) is 11.2 Å². The molecule has 1 heterocycles. The van der Waals surface area contributed by atoms with Gasteiger partial charge in [0.2, 0.25) is 0 Å². The average molecular weight is 306 g/mol. The highest BCUT2D eigenvalue weighted by molar-refractivity contribution is 9.10. The van der Waals surface area contributed by atoms with Crippen molar-refractivity contribution in [3.8, 4) is 5.69 Å². The highest BCUT2D eigenvalue weighted by Gasteiger charge is 2.11. The predicted octanol–water partition coefficient (Wildman–Crippen LogP) is 3.99. The number of aryl methyl sites for hydroxylation is 1. The molecule has 0 radical (unpaired) electrons. The Labute approximate surface area is 116 Å². The summed E-state index contributed by atoms with van der Waals surface area (Å²) >= 11 is 3.49. The van der Waals surface area contributed by atoms with Crippen LogP contribution in [0.1, 0.15) is 23.9 Å². The van der Waals surface area contributed by atoms with Crippen LogP contribution in [-0.4, -0.2) is 10.4 Å². The Balaban J connectivity index is 2.51. The minimum Gasteiger partial charge on any atom is -0.318 e. The first kappa shape index (κ1) is 13.1. The lowest BCUT2D eigenvalue weighted by molar-refractivity contribution is -0.116. The number of nitrogens with zero attached hydrogens (tertiary/aromatic N) is 1. The monoisotopic (exact) mass is 305 g/mol. The molecular weight excluding hydrogens is 290 g/mol. The molecule has 0 fully saturated rings. The van der Waals surface area contributed by atoms with Crippen LogP contribution < -0.4 is 0 Å². The summed E-state index contributed by atoms with van der Waals surface area (Å²) in [5.41, 5.74) is 4.52. The van der Waals surface area contributed by atoms with Crippen molar-refractivity contribution in [1.82, 2.24) is 4.57 Å². The average Bonchev–Trinajstić information content (AvgIpc) is 2.53. The molecule has 18 heavy (non-hydrogen) atoms. The van der Waals surface area contributed by atoms with Gasteiger partial charge in [0, 0.05) is 28.0 Å². The Morgan fingerprint density at radius 1 is 1.28 bits per heavy atom. The van der Waals surface area contributed by atoms with Crippen LogP contribution in [0, 0.1) is 13.8 Å². The van der Waals surface area contributed by atoms with E-state index in [-0.39, 0.29) is 5.78 Å². The van der Waals surface area contributed by atoms with Crippen LogP contribution in [0.3, 0.4) is 0 Å². The van der Waals surface area contributed by atoms with Gasteiger partial charge in [-0.2, -0.15) is 0 Å². The topological polar surface area (TPSA) is 22.0 Å². The molecule has 94 valence electrons. The number of hydrogen-bond acceptors (Lipinski definition) is 1. The third-order valence-electron chi connectivity index (χ3n) is 3.04. The molecule has 0 aliphatic rings. The molecule has 0 amide bonds. The van der Waals surface area contributed by atoms with Crippen LogP contribution in [0.5, 0.6) is 0 Å². The summed E-state index contributed by atoms with van der Waals surface area (Å²) in [7, 11) is 0. The lowest BCUT2D eigenvalue weighted by atomic mass is 10.1. The van der Waals surface area contributed by atoms with Gasteiger partial charge >= 0.3 is 0 Å². The second-order valence-electron chi connectivity index (χ2n) is 4.59. The molecule has 2 aromatic rings. The van der Waals surface area contributed by atoms with Gasteiger partial charge in [-0.25, -0.2) is 0 Å². The molecule has 2 nitrogen and oxygen atoms in total. The molecule has 0 aliphatic carbocycles. The zero-order valence-electron chi connectivity index (χ0n) is 10.8. The third kappa shape index (κ3) is 2.56. The van der Waals surface area contributed by atoms with Crippen molar-refractivity contribution >= 4 is 21.7 Å². The highest BCUT2D eigenvalue weighted by Crippen LogP contribution is 2.23. The van der Waals surface area contributed by atoms with E-state index in [0.717, 1.165) is 27.1 Å². The lowest BCUT2D eigenvalue weighted by Gasteiger charge is -2.10. The van der Waals surface area contributed by atoms with E-state index in [1.165, 1.54) is 0 Å². The first-order chi connectivity index (χ1) is 8.49. The quantitative estimate of drug-likeness (QED) is 0.840. The number of hydrogen-bond donors (Lipinski definition) is 0. The van der Waals surface area contributed by atoms with Crippen molar-refractivity contribution < 1.29 is 4.79 Å². The second kappa shape index (κ2) is 5.11. The van der Waals surface area contributed by atoms with E-state index in [1.807, 2.05) is 12.1 Å². The van der Waals surface area contributed by atoms with E-state index in [9.17, 15) is 4.79 Å². The Hall–Kier alpha value is -1.35. The highest BCUT2D eigenvalue weighted by atomic mass is 79.9. The van der Waals surface area contributed by atoms with Crippen LogP contribution in [0.4, 0.5) is 0 Å². The van der Waals surface area contributed by atoms with Crippen molar-refractivity contribution in [2.75, 3.05) is 0 Å². The second-order valence-corrected chi connectivity index (χ2v) is 5.51. The fourth-order valence-corrected chi connectivity index (χ4v) is 2.68. The van der Waals surface area contributed by atoms with Gasteiger partial charge in [0.1, 0.15) is 5.78 Å². The molecule has 0 aliphatic heterocycles. The maximum Gasteiger partial charge on any atom is 0.134 e. The molecule has 3 heteroatoms. The van der Waals surface area contributed by atoms with Gasteiger partial charge in [-0.15, -0.1) is 0 Å². The number of carbonyl (C=O) groups excluding carboxylic acids is 1. The van der Waals surface area contributed by atoms with E-state index >= 15 is 0 Å². The Bertz CT molecular complexity index is 599. The number of Topliss-reactive ketones (excluding diaryl/α,β-unsaturated/α-hetero) is 1. The zero-order chi connectivity index (χ0) is 13.3. The summed E-state index contributed by atoms with van der Waals surface area (Å²) in [6, 6.07) is 10.3. The maximum absolute atomic E-state index is 11.3. The first-order valence-corrected chi connectivity index (χ1v) is 6.71. The summed E-state index contributed by atoms with van der Waals surface area (Å²) in [5, 5.41) is 0. The minimum atomic E-state index is 0.199. The number of carbonyl (C=O) groups is 1.